The van der Waals surface area contributed by atoms with E-state index in [0.29, 0.717) is 6.42 Å². The number of nitrogens with zero attached hydrogens (tertiary/aromatic N) is 1. The largest absolute Gasteiger partial charge is 0.198 e. The normalized spacial score (nSPS) is 9.69. The van der Waals surface area contributed by atoms with Crippen molar-refractivity contribution in [1.82, 2.24) is 0 Å². The van der Waals surface area contributed by atoms with Crippen LogP contribution >= 0.6 is 0 Å². The van der Waals surface area contributed by atoms with Crippen molar-refractivity contribution in [3.8, 4) is 6.07 Å². The molecule has 1 rings (SSSR count). The van der Waals surface area contributed by atoms with Gasteiger partial charge < -0.3 is 0 Å². The third-order valence-corrected chi connectivity index (χ3v) is 2.68. The first-order valence-corrected chi connectivity index (χ1v) is 4.59. The van der Waals surface area contributed by atoms with Crippen LogP contribution in [0.4, 0.5) is 0 Å². The van der Waals surface area contributed by atoms with Crippen LogP contribution in [-0.4, -0.2) is 0 Å². The van der Waals surface area contributed by atoms with Gasteiger partial charge in [0, 0.05) is 6.42 Å². The quantitative estimate of drug-likeness (QED) is 0.674. The summed E-state index contributed by atoms with van der Waals surface area (Å²) in [6, 6.07) is 6.45. The molecule has 0 atom stereocenters. The summed E-state index contributed by atoms with van der Waals surface area (Å²) in [7, 11) is 0. The molecule has 0 spiro atoms. The van der Waals surface area contributed by atoms with E-state index in [1.807, 2.05) is 0 Å². The third-order valence-electron chi connectivity index (χ3n) is 2.68. The van der Waals surface area contributed by atoms with Crippen molar-refractivity contribution >= 4 is 0 Å². The lowest BCUT2D eigenvalue weighted by atomic mass is 9.96. The molecule has 0 saturated carbocycles. The molecule has 0 bridgehead atoms. The zero-order chi connectivity index (χ0) is 9.84. The van der Waals surface area contributed by atoms with Gasteiger partial charge in [-0.3, -0.25) is 0 Å². The Morgan fingerprint density at radius 1 is 1.15 bits per heavy atom. The van der Waals surface area contributed by atoms with Gasteiger partial charge in [-0.1, -0.05) is 12.1 Å². The van der Waals surface area contributed by atoms with Crippen molar-refractivity contribution in [2.45, 2.75) is 33.6 Å². The molecule has 0 saturated heterocycles. The van der Waals surface area contributed by atoms with Gasteiger partial charge in [0.05, 0.1) is 6.07 Å². The SMILES string of the molecule is Cc1ccc(CCC#N)c(C)c1C. The van der Waals surface area contributed by atoms with Gasteiger partial charge in [0.1, 0.15) is 0 Å². The van der Waals surface area contributed by atoms with Gasteiger partial charge in [0.25, 0.3) is 0 Å². The number of rotatable bonds is 2. The average molecular weight is 173 g/mol. The van der Waals surface area contributed by atoms with Crippen LogP contribution in [0.5, 0.6) is 0 Å². The Bertz CT molecular complexity index is 345. The maximum atomic E-state index is 8.49. The van der Waals surface area contributed by atoms with Gasteiger partial charge in [0.2, 0.25) is 0 Å². The molecule has 0 aliphatic rings. The molecule has 1 nitrogen and oxygen atoms in total. The zero-order valence-corrected chi connectivity index (χ0v) is 8.52. The summed E-state index contributed by atoms with van der Waals surface area (Å²) in [6.07, 6.45) is 1.49. The highest BCUT2D eigenvalue weighted by Gasteiger charge is 2.02. The van der Waals surface area contributed by atoms with E-state index in [1.165, 1.54) is 22.3 Å². The van der Waals surface area contributed by atoms with Crippen LogP contribution in [-0.2, 0) is 6.42 Å². The lowest BCUT2D eigenvalue weighted by Gasteiger charge is -2.09. The van der Waals surface area contributed by atoms with Gasteiger partial charge in [-0.25, -0.2) is 0 Å². The summed E-state index contributed by atoms with van der Waals surface area (Å²) in [5.74, 6) is 0. The zero-order valence-electron chi connectivity index (χ0n) is 8.52. The molecule has 0 aromatic heterocycles. The minimum absolute atomic E-state index is 0.614. The second kappa shape index (κ2) is 4.09. The van der Waals surface area contributed by atoms with Crippen molar-refractivity contribution in [2.24, 2.45) is 0 Å². The van der Waals surface area contributed by atoms with Crippen molar-refractivity contribution in [3.63, 3.8) is 0 Å². The van der Waals surface area contributed by atoms with Crippen LogP contribution < -0.4 is 0 Å². The molecule has 0 radical (unpaired) electrons. The number of nitriles is 1. The Morgan fingerprint density at radius 3 is 2.46 bits per heavy atom. The number of aryl methyl sites for hydroxylation is 2. The van der Waals surface area contributed by atoms with Crippen molar-refractivity contribution in [1.29, 1.82) is 5.26 Å². The number of benzene rings is 1. The smallest absolute Gasteiger partial charge is 0.0625 e. The minimum atomic E-state index is 0.614. The number of hydrogen-bond donors (Lipinski definition) is 0. The van der Waals surface area contributed by atoms with E-state index in [4.69, 9.17) is 5.26 Å². The Labute approximate surface area is 80.0 Å². The molecule has 1 heteroatoms. The lowest BCUT2D eigenvalue weighted by Crippen LogP contribution is -1.94. The van der Waals surface area contributed by atoms with Gasteiger partial charge >= 0.3 is 0 Å². The topological polar surface area (TPSA) is 23.8 Å². The van der Waals surface area contributed by atoms with E-state index in [9.17, 15) is 0 Å². The second-order valence-corrected chi connectivity index (χ2v) is 3.45. The summed E-state index contributed by atoms with van der Waals surface area (Å²) in [5, 5.41) is 8.49. The first-order valence-electron chi connectivity index (χ1n) is 4.59. The highest BCUT2D eigenvalue weighted by atomic mass is 14.2. The molecule has 0 aliphatic carbocycles. The van der Waals surface area contributed by atoms with E-state index in [0.717, 1.165) is 6.42 Å². The Hall–Kier alpha value is -1.29. The molecule has 0 aliphatic heterocycles. The lowest BCUT2D eigenvalue weighted by molar-refractivity contribution is 0.987. The first kappa shape index (κ1) is 9.80. The molecule has 1 aromatic rings. The molecule has 13 heavy (non-hydrogen) atoms. The monoisotopic (exact) mass is 173 g/mol. The Morgan fingerprint density at radius 2 is 1.85 bits per heavy atom. The van der Waals surface area contributed by atoms with E-state index in [1.54, 1.807) is 0 Å². The highest BCUT2D eigenvalue weighted by Crippen LogP contribution is 2.17. The second-order valence-electron chi connectivity index (χ2n) is 3.45. The Balaban J connectivity index is 2.98. The predicted molar refractivity (Wildman–Crippen MR) is 54.6 cm³/mol. The number of hydrogen-bond acceptors (Lipinski definition) is 1. The average Bonchev–Trinajstić information content (AvgIpc) is 2.13. The fourth-order valence-electron chi connectivity index (χ4n) is 1.47. The van der Waals surface area contributed by atoms with Crippen molar-refractivity contribution < 1.29 is 0 Å². The summed E-state index contributed by atoms with van der Waals surface area (Å²) in [4.78, 5) is 0. The molecule has 0 amide bonds. The summed E-state index contributed by atoms with van der Waals surface area (Å²) in [6.45, 7) is 6.39. The van der Waals surface area contributed by atoms with Crippen molar-refractivity contribution in [3.05, 3.63) is 34.4 Å². The summed E-state index contributed by atoms with van der Waals surface area (Å²) >= 11 is 0. The van der Waals surface area contributed by atoms with Crippen LogP contribution in [0.15, 0.2) is 12.1 Å². The van der Waals surface area contributed by atoms with Crippen LogP contribution in [0.2, 0.25) is 0 Å². The molecule has 68 valence electrons. The van der Waals surface area contributed by atoms with Crippen molar-refractivity contribution in [2.75, 3.05) is 0 Å². The van der Waals surface area contributed by atoms with Gasteiger partial charge in [-0.05, 0) is 49.4 Å². The Kier molecular flexibility index (Phi) is 3.08. The highest BCUT2D eigenvalue weighted by molar-refractivity contribution is 5.38. The van der Waals surface area contributed by atoms with Gasteiger partial charge in [0.15, 0.2) is 0 Å². The fraction of sp³-hybridized carbons (Fsp3) is 0.417. The molecular formula is C12H15N. The van der Waals surface area contributed by atoms with E-state index in [-0.39, 0.29) is 0 Å². The third kappa shape index (κ3) is 2.09. The molecular weight excluding hydrogens is 158 g/mol. The fourth-order valence-corrected chi connectivity index (χ4v) is 1.47. The van der Waals surface area contributed by atoms with Crippen LogP contribution in [0.1, 0.15) is 28.7 Å². The van der Waals surface area contributed by atoms with Crippen LogP contribution in [0.25, 0.3) is 0 Å². The van der Waals surface area contributed by atoms with Crippen LogP contribution in [0.3, 0.4) is 0 Å². The van der Waals surface area contributed by atoms with E-state index >= 15 is 0 Å². The van der Waals surface area contributed by atoms with Gasteiger partial charge in [-0.15, -0.1) is 0 Å². The minimum Gasteiger partial charge on any atom is -0.198 e. The molecule has 1 aromatic carbocycles. The van der Waals surface area contributed by atoms with Crippen LogP contribution in [0, 0.1) is 32.1 Å². The predicted octanol–water partition coefficient (Wildman–Crippen LogP) is 3.07. The maximum Gasteiger partial charge on any atom is 0.0625 e. The molecule has 0 unspecified atom stereocenters. The summed E-state index contributed by atoms with van der Waals surface area (Å²) < 4.78 is 0. The van der Waals surface area contributed by atoms with E-state index < -0.39 is 0 Å². The van der Waals surface area contributed by atoms with Gasteiger partial charge in [-0.2, -0.15) is 5.26 Å². The molecule has 0 heterocycles. The first-order chi connectivity index (χ1) is 6.16. The molecule has 0 fully saturated rings. The molecule has 0 N–H and O–H groups in total. The maximum absolute atomic E-state index is 8.49. The summed E-state index contributed by atoms with van der Waals surface area (Å²) in [5.41, 5.74) is 5.34. The van der Waals surface area contributed by atoms with E-state index in [2.05, 4.69) is 39.0 Å². The standard InChI is InChI=1S/C12H15N/c1-9-6-7-12(5-4-8-13)11(3)10(9)2/h6-7H,4-5H2,1-3H3.